The van der Waals surface area contributed by atoms with Crippen molar-refractivity contribution in [3.8, 4) is 5.75 Å². The Balaban J connectivity index is 2.07. The zero-order valence-electron chi connectivity index (χ0n) is 12.8. The van der Waals surface area contributed by atoms with Gasteiger partial charge >= 0.3 is 0 Å². The minimum absolute atomic E-state index is 0.179. The predicted octanol–water partition coefficient (Wildman–Crippen LogP) is 3.16. The Morgan fingerprint density at radius 1 is 1.52 bits per heavy atom. The Morgan fingerprint density at radius 2 is 2.29 bits per heavy atom. The third-order valence-electron chi connectivity index (χ3n) is 4.08. The van der Waals surface area contributed by atoms with Gasteiger partial charge in [-0.25, -0.2) is 4.39 Å². The molecule has 1 saturated carbocycles. The molecule has 1 aromatic rings. The first-order valence-electron chi connectivity index (χ1n) is 7.61. The topological polar surface area (TPSA) is 67.5 Å². The molecule has 0 heterocycles. The summed E-state index contributed by atoms with van der Waals surface area (Å²) in [5.74, 6) is 0.234. The molecule has 0 saturated heterocycles. The first-order chi connectivity index (χ1) is 9.93. The zero-order chi connectivity index (χ0) is 15.5. The van der Waals surface area contributed by atoms with Gasteiger partial charge in [-0.1, -0.05) is 19.8 Å². The van der Waals surface area contributed by atoms with Crippen molar-refractivity contribution in [2.75, 3.05) is 24.2 Å². The van der Waals surface area contributed by atoms with Crippen LogP contribution in [0.3, 0.4) is 0 Å². The van der Waals surface area contributed by atoms with Gasteiger partial charge in [0.1, 0.15) is 0 Å². The van der Waals surface area contributed by atoms with Gasteiger partial charge in [-0.15, -0.1) is 0 Å². The minimum Gasteiger partial charge on any atom is -0.491 e. The fourth-order valence-electron chi connectivity index (χ4n) is 3.04. The second-order valence-electron chi connectivity index (χ2n) is 6.08. The summed E-state index contributed by atoms with van der Waals surface area (Å²) in [6.45, 7) is 4.76. The van der Waals surface area contributed by atoms with Gasteiger partial charge in [0.15, 0.2) is 11.6 Å². The van der Waals surface area contributed by atoms with Crippen LogP contribution in [0.5, 0.6) is 5.75 Å². The van der Waals surface area contributed by atoms with E-state index in [2.05, 4.69) is 12.2 Å². The standard InChI is InChI=1S/C16H25FN2O2/c1-3-21-15-8-14(13(18)7-12(15)17)19-10-16(20)6-4-5-11(2)9-16/h7-8,11,19-20H,3-6,9-10,18H2,1-2H3. The fraction of sp³-hybridized carbons (Fsp3) is 0.625. The van der Waals surface area contributed by atoms with Crippen molar-refractivity contribution in [2.24, 2.45) is 5.92 Å². The highest BCUT2D eigenvalue weighted by molar-refractivity contribution is 5.68. The van der Waals surface area contributed by atoms with Crippen molar-refractivity contribution in [3.05, 3.63) is 17.9 Å². The number of hydrogen-bond donors (Lipinski definition) is 3. The second kappa shape index (κ2) is 6.52. The van der Waals surface area contributed by atoms with Gasteiger partial charge in [-0.05, 0) is 25.7 Å². The predicted molar refractivity (Wildman–Crippen MR) is 83.1 cm³/mol. The van der Waals surface area contributed by atoms with Crippen LogP contribution < -0.4 is 15.8 Å². The van der Waals surface area contributed by atoms with E-state index in [0.29, 0.717) is 30.4 Å². The van der Waals surface area contributed by atoms with Gasteiger partial charge in [-0.3, -0.25) is 0 Å². The molecule has 4 nitrogen and oxygen atoms in total. The van der Waals surface area contributed by atoms with E-state index in [4.69, 9.17) is 10.5 Å². The lowest BCUT2D eigenvalue weighted by Gasteiger charge is -2.36. The number of nitrogen functional groups attached to an aromatic ring is 1. The lowest BCUT2D eigenvalue weighted by atomic mass is 9.79. The summed E-state index contributed by atoms with van der Waals surface area (Å²) < 4.78 is 18.9. The molecule has 2 rings (SSSR count). The molecule has 2 atom stereocenters. The molecule has 0 spiro atoms. The second-order valence-corrected chi connectivity index (χ2v) is 6.08. The van der Waals surface area contributed by atoms with Crippen molar-refractivity contribution in [1.82, 2.24) is 0 Å². The lowest BCUT2D eigenvalue weighted by Crippen LogP contribution is -2.41. The summed E-state index contributed by atoms with van der Waals surface area (Å²) >= 11 is 0. The molecule has 1 aromatic carbocycles. The first kappa shape index (κ1) is 15.9. The third kappa shape index (κ3) is 4.00. The van der Waals surface area contributed by atoms with Gasteiger partial charge in [-0.2, -0.15) is 0 Å². The number of nitrogens with one attached hydrogen (secondary N) is 1. The molecule has 0 aromatic heterocycles. The maximum atomic E-state index is 13.7. The zero-order valence-corrected chi connectivity index (χ0v) is 12.8. The molecule has 0 radical (unpaired) electrons. The fourth-order valence-corrected chi connectivity index (χ4v) is 3.04. The van der Waals surface area contributed by atoms with Crippen LogP contribution in [0.15, 0.2) is 12.1 Å². The molecule has 118 valence electrons. The van der Waals surface area contributed by atoms with Crippen molar-refractivity contribution in [3.63, 3.8) is 0 Å². The molecule has 0 bridgehead atoms. The van der Waals surface area contributed by atoms with Gasteiger partial charge < -0.3 is 20.9 Å². The average Bonchev–Trinajstić information content (AvgIpc) is 2.40. The van der Waals surface area contributed by atoms with E-state index in [-0.39, 0.29) is 5.75 Å². The highest BCUT2D eigenvalue weighted by Crippen LogP contribution is 2.34. The van der Waals surface area contributed by atoms with Crippen molar-refractivity contribution >= 4 is 11.4 Å². The highest BCUT2D eigenvalue weighted by Gasteiger charge is 2.32. The molecule has 1 aliphatic carbocycles. The molecule has 21 heavy (non-hydrogen) atoms. The van der Waals surface area contributed by atoms with Crippen LogP contribution in [-0.2, 0) is 0 Å². The normalized spacial score (nSPS) is 25.6. The Morgan fingerprint density at radius 3 is 2.95 bits per heavy atom. The number of benzene rings is 1. The monoisotopic (exact) mass is 296 g/mol. The van der Waals surface area contributed by atoms with Crippen LogP contribution in [0.25, 0.3) is 0 Å². The lowest BCUT2D eigenvalue weighted by molar-refractivity contribution is -0.000753. The van der Waals surface area contributed by atoms with Crippen LogP contribution in [-0.4, -0.2) is 23.9 Å². The number of rotatable bonds is 5. The summed E-state index contributed by atoms with van der Waals surface area (Å²) in [5, 5.41) is 13.8. The van der Waals surface area contributed by atoms with E-state index in [0.717, 1.165) is 25.7 Å². The smallest absolute Gasteiger partial charge is 0.167 e. The SMILES string of the molecule is CCOc1cc(NCC2(O)CCCC(C)C2)c(N)cc1F. The summed E-state index contributed by atoms with van der Waals surface area (Å²) in [6, 6.07) is 2.81. The summed E-state index contributed by atoms with van der Waals surface area (Å²) in [7, 11) is 0. The van der Waals surface area contributed by atoms with Gasteiger partial charge in [0.25, 0.3) is 0 Å². The number of aliphatic hydroxyl groups is 1. The number of ether oxygens (including phenoxy) is 1. The maximum Gasteiger partial charge on any atom is 0.167 e. The van der Waals surface area contributed by atoms with E-state index in [1.54, 1.807) is 13.0 Å². The highest BCUT2D eigenvalue weighted by atomic mass is 19.1. The van der Waals surface area contributed by atoms with Crippen molar-refractivity contribution < 1.29 is 14.2 Å². The van der Waals surface area contributed by atoms with Gasteiger partial charge in [0, 0.05) is 18.7 Å². The molecule has 0 amide bonds. The Bertz CT molecular complexity index is 495. The molecular formula is C16H25FN2O2. The molecule has 1 aliphatic rings. The van der Waals surface area contributed by atoms with E-state index in [1.165, 1.54) is 6.07 Å². The van der Waals surface area contributed by atoms with E-state index in [9.17, 15) is 9.50 Å². The summed E-state index contributed by atoms with van der Waals surface area (Å²) in [6.07, 6.45) is 3.75. The van der Waals surface area contributed by atoms with Crippen LogP contribution >= 0.6 is 0 Å². The van der Waals surface area contributed by atoms with Crippen molar-refractivity contribution in [1.29, 1.82) is 0 Å². The van der Waals surface area contributed by atoms with E-state index < -0.39 is 11.4 Å². The van der Waals surface area contributed by atoms with Crippen molar-refractivity contribution in [2.45, 2.75) is 45.1 Å². The summed E-state index contributed by atoms with van der Waals surface area (Å²) in [5.41, 5.74) is 6.04. The van der Waals surface area contributed by atoms with E-state index in [1.807, 2.05) is 0 Å². The Kier molecular flexibility index (Phi) is 4.93. The molecule has 1 fully saturated rings. The summed E-state index contributed by atoms with van der Waals surface area (Å²) in [4.78, 5) is 0. The number of anilines is 2. The number of halogens is 1. The van der Waals surface area contributed by atoms with Crippen LogP contribution in [0, 0.1) is 11.7 Å². The average molecular weight is 296 g/mol. The van der Waals surface area contributed by atoms with E-state index >= 15 is 0 Å². The number of nitrogens with two attached hydrogens (primary N) is 1. The molecule has 5 heteroatoms. The minimum atomic E-state index is -0.718. The quantitative estimate of drug-likeness (QED) is 0.730. The van der Waals surface area contributed by atoms with Crippen LogP contribution in [0.1, 0.15) is 39.5 Å². The largest absolute Gasteiger partial charge is 0.491 e. The first-order valence-corrected chi connectivity index (χ1v) is 7.61. The third-order valence-corrected chi connectivity index (χ3v) is 4.08. The van der Waals surface area contributed by atoms with Crippen LogP contribution in [0.2, 0.25) is 0 Å². The molecular weight excluding hydrogens is 271 g/mol. The molecule has 0 aliphatic heterocycles. The Hall–Kier alpha value is -1.49. The van der Waals surface area contributed by atoms with Gasteiger partial charge in [0.05, 0.1) is 23.6 Å². The Labute approximate surface area is 125 Å². The molecule has 4 N–H and O–H groups in total. The molecule has 2 unspecified atom stereocenters. The van der Waals surface area contributed by atoms with Crippen LogP contribution in [0.4, 0.5) is 15.8 Å². The number of hydrogen-bond acceptors (Lipinski definition) is 4. The van der Waals surface area contributed by atoms with Gasteiger partial charge in [0.2, 0.25) is 0 Å². The maximum absolute atomic E-state index is 13.7.